The van der Waals surface area contributed by atoms with Gasteiger partial charge >= 0.3 is 11.9 Å². The molecule has 0 unspecified atom stereocenters. The third-order valence-electron chi connectivity index (χ3n) is 2.59. The van der Waals surface area contributed by atoms with Crippen LogP contribution >= 0.6 is 0 Å². The lowest BCUT2D eigenvalue weighted by molar-refractivity contribution is -0.157. The fourth-order valence-electron chi connectivity index (χ4n) is 1.65. The van der Waals surface area contributed by atoms with E-state index in [1.165, 1.54) is 6.92 Å². The Morgan fingerprint density at radius 2 is 1.79 bits per heavy atom. The van der Waals surface area contributed by atoms with Gasteiger partial charge in [-0.15, -0.1) is 0 Å². The lowest BCUT2D eigenvalue weighted by Gasteiger charge is -2.23. The van der Waals surface area contributed by atoms with E-state index in [-0.39, 0.29) is 25.0 Å². The first-order valence-electron chi connectivity index (χ1n) is 6.28. The molecule has 4 heteroatoms. The molecule has 19 heavy (non-hydrogen) atoms. The molecule has 0 heterocycles. The van der Waals surface area contributed by atoms with Gasteiger partial charge in [-0.05, 0) is 25.8 Å². The van der Waals surface area contributed by atoms with Crippen LogP contribution in [0.3, 0.4) is 0 Å². The summed E-state index contributed by atoms with van der Waals surface area (Å²) in [6.45, 7) is 5.18. The molecule has 0 aliphatic carbocycles. The van der Waals surface area contributed by atoms with E-state index < -0.39 is 5.60 Å². The first-order chi connectivity index (χ1) is 8.89. The number of rotatable bonds is 6. The minimum Gasteiger partial charge on any atom is -0.461 e. The molecule has 0 aliphatic rings. The highest BCUT2D eigenvalue weighted by Crippen LogP contribution is 2.17. The van der Waals surface area contributed by atoms with Crippen LogP contribution in [0.4, 0.5) is 0 Å². The van der Waals surface area contributed by atoms with E-state index >= 15 is 0 Å². The molecule has 0 spiro atoms. The quantitative estimate of drug-likeness (QED) is 0.741. The van der Waals surface area contributed by atoms with E-state index in [1.54, 1.807) is 13.8 Å². The van der Waals surface area contributed by atoms with Crippen LogP contribution in [0.25, 0.3) is 0 Å². The summed E-state index contributed by atoms with van der Waals surface area (Å²) >= 11 is 0. The first kappa shape index (κ1) is 15.2. The second-order valence-corrected chi connectivity index (χ2v) is 5.00. The van der Waals surface area contributed by atoms with Crippen LogP contribution in [0, 0.1) is 0 Å². The number of benzene rings is 1. The summed E-state index contributed by atoms with van der Waals surface area (Å²) < 4.78 is 10.3. The van der Waals surface area contributed by atoms with E-state index in [2.05, 4.69) is 0 Å². The number of carbonyl (C=O) groups is 2. The standard InChI is InChI=1S/C15H20O4/c1-12(16)19-15(2,3)10-9-14(17)18-11-13-7-5-4-6-8-13/h4-8H,9-11H2,1-3H3. The Kier molecular flexibility index (Phi) is 5.55. The normalized spacial score (nSPS) is 10.9. The molecule has 0 amide bonds. The van der Waals surface area contributed by atoms with Crippen molar-refractivity contribution in [3.8, 4) is 0 Å². The van der Waals surface area contributed by atoms with Gasteiger partial charge in [0.15, 0.2) is 0 Å². The third-order valence-corrected chi connectivity index (χ3v) is 2.59. The SMILES string of the molecule is CC(=O)OC(C)(C)CCC(=O)OCc1ccccc1. The summed E-state index contributed by atoms with van der Waals surface area (Å²) in [4.78, 5) is 22.5. The van der Waals surface area contributed by atoms with Crippen LogP contribution in [-0.2, 0) is 25.7 Å². The van der Waals surface area contributed by atoms with Crippen LogP contribution in [0.1, 0.15) is 39.2 Å². The second-order valence-electron chi connectivity index (χ2n) is 5.00. The van der Waals surface area contributed by atoms with E-state index in [9.17, 15) is 9.59 Å². The number of ether oxygens (including phenoxy) is 2. The van der Waals surface area contributed by atoms with Crippen molar-refractivity contribution in [2.24, 2.45) is 0 Å². The molecular formula is C15H20O4. The van der Waals surface area contributed by atoms with Gasteiger partial charge in [0, 0.05) is 13.3 Å². The monoisotopic (exact) mass is 264 g/mol. The van der Waals surface area contributed by atoms with E-state index in [0.29, 0.717) is 6.42 Å². The molecule has 4 nitrogen and oxygen atoms in total. The number of carbonyl (C=O) groups excluding carboxylic acids is 2. The molecule has 0 bridgehead atoms. The highest BCUT2D eigenvalue weighted by molar-refractivity contribution is 5.70. The van der Waals surface area contributed by atoms with Crippen LogP contribution < -0.4 is 0 Å². The molecule has 104 valence electrons. The smallest absolute Gasteiger partial charge is 0.306 e. The molecule has 0 fully saturated rings. The van der Waals surface area contributed by atoms with Crippen molar-refractivity contribution < 1.29 is 19.1 Å². The van der Waals surface area contributed by atoms with E-state index in [4.69, 9.17) is 9.47 Å². The molecule has 0 radical (unpaired) electrons. The van der Waals surface area contributed by atoms with Crippen molar-refractivity contribution in [3.05, 3.63) is 35.9 Å². The van der Waals surface area contributed by atoms with Gasteiger partial charge in [-0.25, -0.2) is 0 Å². The maximum atomic E-state index is 11.6. The van der Waals surface area contributed by atoms with Crippen LogP contribution in [0.2, 0.25) is 0 Å². The number of hydrogen-bond donors (Lipinski definition) is 0. The molecule has 0 aliphatic heterocycles. The van der Waals surface area contributed by atoms with Crippen molar-refractivity contribution in [1.29, 1.82) is 0 Å². The van der Waals surface area contributed by atoms with Crippen molar-refractivity contribution >= 4 is 11.9 Å². The summed E-state index contributed by atoms with van der Waals surface area (Å²) in [7, 11) is 0. The van der Waals surface area contributed by atoms with E-state index in [0.717, 1.165) is 5.56 Å². The van der Waals surface area contributed by atoms with Gasteiger partial charge in [0.2, 0.25) is 0 Å². The van der Waals surface area contributed by atoms with Crippen molar-refractivity contribution in [2.75, 3.05) is 0 Å². The molecular weight excluding hydrogens is 244 g/mol. The van der Waals surface area contributed by atoms with Gasteiger partial charge in [0.05, 0.1) is 0 Å². The Hall–Kier alpha value is -1.84. The van der Waals surface area contributed by atoms with Gasteiger partial charge in [-0.1, -0.05) is 30.3 Å². The molecule has 0 saturated heterocycles. The van der Waals surface area contributed by atoms with Gasteiger partial charge in [0.1, 0.15) is 12.2 Å². The minimum atomic E-state index is -0.641. The summed E-state index contributed by atoms with van der Waals surface area (Å²) in [5, 5.41) is 0. The highest BCUT2D eigenvalue weighted by Gasteiger charge is 2.22. The summed E-state index contributed by atoms with van der Waals surface area (Å²) in [6.07, 6.45) is 0.674. The third kappa shape index (κ3) is 6.60. The lowest BCUT2D eigenvalue weighted by Crippen LogP contribution is -2.28. The number of esters is 2. The minimum absolute atomic E-state index is 0.229. The zero-order valence-corrected chi connectivity index (χ0v) is 11.6. The molecule has 0 saturated carbocycles. The van der Waals surface area contributed by atoms with Gasteiger partial charge in [-0.2, -0.15) is 0 Å². The van der Waals surface area contributed by atoms with Crippen molar-refractivity contribution in [2.45, 2.75) is 45.8 Å². The summed E-state index contributed by atoms with van der Waals surface area (Å²) in [5.74, 6) is -0.633. The molecule has 0 atom stereocenters. The van der Waals surface area contributed by atoms with Gasteiger partial charge in [0.25, 0.3) is 0 Å². The van der Waals surface area contributed by atoms with E-state index in [1.807, 2.05) is 30.3 Å². The summed E-state index contributed by atoms with van der Waals surface area (Å²) in [5.41, 5.74) is 0.313. The molecule has 1 rings (SSSR count). The molecule has 0 aromatic heterocycles. The largest absolute Gasteiger partial charge is 0.461 e. The Morgan fingerprint density at radius 1 is 1.16 bits per heavy atom. The van der Waals surface area contributed by atoms with Gasteiger partial charge < -0.3 is 9.47 Å². The van der Waals surface area contributed by atoms with Gasteiger partial charge in [-0.3, -0.25) is 9.59 Å². The fraction of sp³-hybridized carbons (Fsp3) is 0.467. The predicted molar refractivity (Wildman–Crippen MR) is 71.3 cm³/mol. The van der Waals surface area contributed by atoms with Crippen molar-refractivity contribution in [1.82, 2.24) is 0 Å². The maximum absolute atomic E-state index is 11.6. The second kappa shape index (κ2) is 6.92. The van der Waals surface area contributed by atoms with Crippen LogP contribution in [0.5, 0.6) is 0 Å². The zero-order chi connectivity index (χ0) is 14.3. The van der Waals surface area contributed by atoms with Crippen LogP contribution in [0.15, 0.2) is 30.3 Å². The topological polar surface area (TPSA) is 52.6 Å². The maximum Gasteiger partial charge on any atom is 0.306 e. The lowest BCUT2D eigenvalue weighted by atomic mass is 10.0. The Balaban J connectivity index is 2.30. The molecule has 1 aromatic carbocycles. The molecule has 0 N–H and O–H groups in total. The average Bonchev–Trinajstić information content (AvgIpc) is 2.34. The summed E-state index contributed by atoms with van der Waals surface area (Å²) in [6, 6.07) is 9.50. The van der Waals surface area contributed by atoms with Crippen LogP contribution in [-0.4, -0.2) is 17.5 Å². The predicted octanol–water partition coefficient (Wildman–Crippen LogP) is 2.85. The Bertz CT molecular complexity index is 423. The Labute approximate surface area is 113 Å². The molecule has 1 aromatic rings. The Morgan fingerprint density at radius 3 is 2.37 bits per heavy atom. The zero-order valence-electron chi connectivity index (χ0n) is 11.6. The van der Waals surface area contributed by atoms with Crippen molar-refractivity contribution in [3.63, 3.8) is 0 Å². The first-order valence-corrected chi connectivity index (χ1v) is 6.28. The average molecular weight is 264 g/mol. The fourth-order valence-corrected chi connectivity index (χ4v) is 1.65. The number of hydrogen-bond acceptors (Lipinski definition) is 4. The highest BCUT2D eigenvalue weighted by atomic mass is 16.6.